The van der Waals surface area contributed by atoms with Gasteiger partial charge in [0, 0.05) is 22.3 Å². The number of nitrogens with zero attached hydrogens (tertiary/aromatic N) is 2. The van der Waals surface area contributed by atoms with Gasteiger partial charge in [0.25, 0.3) is 0 Å². The number of hydrogen-bond donors (Lipinski definition) is 0. The van der Waals surface area contributed by atoms with Gasteiger partial charge in [0.15, 0.2) is 0 Å². The minimum atomic E-state index is 0.777. The summed E-state index contributed by atoms with van der Waals surface area (Å²) in [5.74, 6) is 1.57. The molecule has 0 bridgehead atoms. The molecule has 5 heteroatoms. The fourth-order valence-corrected chi connectivity index (χ4v) is 7.65. The maximum absolute atomic E-state index is 12.1. The number of aryl methyl sites for hydroxylation is 4. The molecule has 0 unspecified atom stereocenters. The monoisotopic (exact) mass is 784 g/mol. The summed E-state index contributed by atoms with van der Waals surface area (Å²) in [6.07, 6.45) is 18.3. The van der Waals surface area contributed by atoms with Crippen molar-refractivity contribution in [3.8, 4) is 11.5 Å². The third kappa shape index (κ3) is 13.6. The van der Waals surface area contributed by atoms with E-state index in [2.05, 4.69) is 77.9 Å². The van der Waals surface area contributed by atoms with Crippen LogP contribution in [0.25, 0.3) is 16.9 Å². The number of para-hydroxylation sites is 2. The van der Waals surface area contributed by atoms with E-state index in [4.69, 9.17) is 7.76 Å². The van der Waals surface area contributed by atoms with E-state index in [1.165, 1.54) is 95.9 Å². The molecule has 1 aliphatic heterocycles. The van der Waals surface area contributed by atoms with Crippen molar-refractivity contribution in [2.75, 3.05) is 0 Å². The predicted octanol–water partition coefficient (Wildman–Crippen LogP) is 14.9. The summed E-state index contributed by atoms with van der Waals surface area (Å²) in [5.41, 5.74) is 24.9. The zero-order valence-corrected chi connectivity index (χ0v) is 35.6. The first-order valence-corrected chi connectivity index (χ1v) is 22.0. The Morgan fingerprint density at radius 2 is 0.800 bits per heavy atom. The van der Waals surface area contributed by atoms with Gasteiger partial charge in [0.2, 0.25) is 11.4 Å². The summed E-state index contributed by atoms with van der Waals surface area (Å²) in [5, 5.41) is 0. The van der Waals surface area contributed by atoms with E-state index in [1.54, 1.807) is 4.70 Å². The summed E-state index contributed by atoms with van der Waals surface area (Å²) >= 11 is 0.777. The van der Waals surface area contributed by atoms with Crippen LogP contribution < -0.4 is 7.76 Å². The van der Waals surface area contributed by atoms with E-state index >= 15 is 0 Å². The van der Waals surface area contributed by atoms with Gasteiger partial charge >= 0.3 is 95.0 Å². The predicted molar refractivity (Wildman–Crippen MR) is 229 cm³/mol. The minimum absolute atomic E-state index is 0.777. The van der Waals surface area contributed by atoms with Gasteiger partial charge in [-0.05, 0) is 117 Å². The Labute approximate surface area is 340 Å². The Balaban J connectivity index is 0.000000371. The van der Waals surface area contributed by atoms with Gasteiger partial charge in [-0.1, -0.05) is 85.8 Å². The maximum atomic E-state index is 12.1. The van der Waals surface area contributed by atoms with Crippen LogP contribution in [-0.4, -0.2) is 4.70 Å². The van der Waals surface area contributed by atoms with Gasteiger partial charge in [-0.25, -0.2) is 4.70 Å². The third-order valence-corrected chi connectivity index (χ3v) is 10.7. The van der Waals surface area contributed by atoms with Crippen LogP contribution in [0.2, 0.25) is 0 Å². The third-order valence-electron chi connectivity index (χ3n) is 10.1. The Morgan fingerprint density at radius 3 is 1.15 bits per heavy atom. The van der Waals surface area contributed by atoms with Crippen LogP contribution in [0.4, 0.5) is 0 Å². The number of unbranched alkanes of at least 4 members (excludes halogenated alkanes) is 5. The fourth-order valence-electron chi connectivity index (χ4n) is 7.15. The molecule has 0 amide bonds. The average Bonchev–Trinajstić information content (AvgIpc) is 3.51. The first-order valence-electron chi connectivity index (χ1n) is 21.2. The summed E-state index contributed by atoms with van der Waals surface area (Å²) in [7, 11) is 0. The van der Waals surface area contributed by atoms with E-state index in [0.717, 1.165) is 89.3 Å². The van der Waals surface area contributed by atoms with Crippen molar-refractivity contribution >= 4 is 11.4 Å². The van der Waals surface area contributed by atoms with Crippen molar-refractivity contribution in [3.63, 3.8) is 0 Å². The van der Waals surface area contributed by atoms with Crippen LogP contribution in [0.5, 0.6) is 11.5 Å². The first kappa shape index (κ1) is 43.8. The zero-order chi connectivity index (χ0) is 39.3. The van der Waals surface area contributed by atoms with Crippen molar-refractivity contribution in [2.24, 2.45) is 0 Å². The molecule has 4 nitrogen and oxygen atoms in total. The molecule has 0 radical (unpaired) electrons. The van der Waals surface area contributed by atoms with Crippen molar-refractivity contribution in [1.82, 2.24) is 0 Å². The van der Waals surface area contributed by atoms with Crippen molar-refractivity contribution in [2.45, 2.75) is 144 Å². The second-order valence-electron chi connectivity index (χ2n) is 14.7. The van der Waals surface area contributed by atoms with E-state index in [9.17, 15) is 5.53 Å². The molecule has 55 heavy (non-hydrogen) atoms. The topological polar surface area (TPSA) is 43.8 Å². The molecule has 0 N–H and O–H groups in total. The summed E-state index contributed by atoms with van der Waals surface area (Å²) in [6, 6.07) is 33.4. The molecule has 0 aliphatic carbocycles. The summed E-state index contributed by atoms with van der Waals surface area (Å²) < 4.78 is 12.2. The zero-order valence-electron chi connectivity index (χ0n) is 34.6. The normalized spacial score (nSPS) is 12.7. The quantitative estimate of drug-likeness (QED) is 0.0588. The molecule has 4 aromatic carbocycles. The van der Waals surface area contributed by atoms with E-state index in [1.807, 2.05) is 60.7 Å². The number of hydrogen-bond acceptors (Lipinski definition) is 2. The number of allylic oxidation sites excluding steroid dienone is 2. The Hall–Kier alpha value is -3.95. The number of rotatable bonds is 22. The van der Waals surface area contributed by atoms with Crippen LogP contribution >= 0.6 is 0 Å². The molecule has 0 saturated heterocycles. The summed E-state index contributed by atoms with van der Waals surface area (Å²) in [4.78, 5) is 0. The molecular formula is C50H66N2NiO2. The van der Waals surface area contributed by atoms with E-state index in [0.29, 0.717) is 0 Å². The average molecular weight is 786 g/mol. The van der Waals surface area contributed by atoms with Gasteiger partial charge in [-0.3, -0.25) is 0 Å². The van der Waals surface area contributed by atoms with Crippen molar-refractivity contribution in [1.29, 1.82) is 0 Å². The molecule has 1 heterocycles. The fraction of sp³-hybridized carbons (Fsp3) is 0.440. The van der Waals surface area contributed by atoms with Crippen LogP contribution in [0, 0.1) is 0 Å². The molecule has 5 rings (SSSR count). The first-order chi connectivity index (χ1) is 27.0. The van der Waals surface area contributed by atoms with Gasteiger partial charge in [0.05, 0.1) is 0 Å². The van der Waals surface area contributed by atoms with E-state index in [-0.39, 0.29) is 0 Å². The molecule has 4 aromatic rings. The van der Waals surface area contributed by atoms with Crippen molar-refractivity contribution < 1.29 is 27.5 Å². The Morgan fingerprint density at radius 1 is 0.455 bits per heavy atom. The Bertz CT molecular complexity index is 1720. The van der Waals surface area contributed by atoms with Gasteiger partial charge < -0.3 is 5.53 Å². The molecule has 0 aromatic heterocycles. The van der Waals surface area contributed by atoms with E-state index < -0.39 is 0 Å². The van der Waals surface area contributed by atoms with Crippen LogP contribution in [0.15, 0.2) is 108 Å². The molecular weight excluding hydrogens is 719 g/mol. The molecule has 0 atom stereocenters. The molecule has 0 spiro atoms. The second-order valence-corrected chi connectivity index (χ2v) is 15.3. The van der Waals surface area contributed by atoms with Crippen LogP contribution in [-0.2, 0) is 40.8 Å². The van der Waals surface area contributed by atoms with Crippen LogP contribution in [0.3, 0.4) is 0 Å². The molecule has 1 aliphatic rings. The van der Waals surface area contributed by atoms with Gasteiger partial charge in [-0.2, -0.15) is 0 Å². The molecule has 0 saturated carbocycles. The van der Waals surface area contributed by atoms with Gasteiger partial charge in [0.1, 0.15) is 0 Å². The standard InChI is InChI=1S/C38H56N2.2C6H6O.Ni/c1-7-13-18-29-23-30(19-14-8-2)26-33(25-29)37-35(12-6)36(22-17-11-5)38(40(37)39)34-27-31(20-15-9-3)24-32(28-34)21-16-10-4;2*7-6-4-2-1-3-5-6;/h23-28H,7-22H2,1-6H3;2*1-5,7H;/q;;;+2/p-2. The van der Waals surface area contributed by atoms with Gasteiger partial charge in [-0.15, -0.1) is 0 Å². The molecule has 0 fully saturated rings. The second kappa shape index (κ2) is 24.5. The van der Waals surface area contributed by atoms with Crippen LogP contribution in [0.1, 0.15) is 152 Å². The number of benzene rings is 4. The Kier molecular flexibility index (Phi) is 19.5. The van der Waals surface area contributed by atoms with Crippen molar-refractivity contribution in [3.05, 3.63) is 147 Å². The SMILES string of the molecule is CCCCC1=C(c2cc(CCCC)cc(CCCC)c2)[N+](=[N-])C(c2cc(CCCC)cc(CCCC)c2)=C1CC.c1ccc([O][Ni][O]c2ccccc2)cc1. The summed E-state index contributed by atoms with van der Waals surface area (Å²) in [6.45, 7) is 13.6. The molecule has 298 valence electrons.